The third kappa shape index (κ3) is 2.99. The average Bonchev–Trinajstić information content (AvgIpc) is 2.53. The lowest BCUT2D eigenvalue weighted by Gasteiger charge is -2.12. The number of phenols is 1. The van der Waals surface area contributed by atoms with Gasteiger partial charge in [-0.2, -0.15) is 0 Å². The molecule has 4 heteroatoms. The summed E-state index contributed by atoms with van der Waals surface area (Å²) in [5.41, 5.74) is 1.82. The highest BCUT2D eigenvalue weighted by Gasteiger charge is 2.15. The SMILES string of the molecule is CCC(=O)c1cc(OC)ccc1-c1ccc(OC)cc1O. The number of methoxy groups -OCH3 is 2. The number of Topliss-reactive ketones (excluding diaryl/α,β-unsaturated/α-hetero) is 1. The summed E-state index contributed by atoms with van der Waals surface area (Å²) in [5.74, 6) is 1.25. The van der Waals surface area contributed by atoms with Gasteiger partial charge in [-0.25, -0.2) is 0 Å². The molecule has 2 aromatic carbocycles. The molecule has 0 aliphatic heterocycles. The summed E-state index contributed by atoms with van der Waals surface area (Å²) in [6.07, 6.45) is 0.386. The second-order valence-corrected chi connectivity index (χ2v) is 4.57. The molecule has 1 N–H and O–H groups in total. The predicted octanol–water partition coefficient (Wildman–Crippen LogP) is 3.67. The molecule has 0 heterocycles. The molecule has 0 saturated carbocycles. The Morgan fingerprint density at radius 3 is 2.10 bits per heavy atom. The first-order chi connectivity index (χ1) is 10.1. The minimum atomic E-state index is -0.000817. The van der Waals surface area contributed by atoms with Crippen LogP contribution in [-0.4, -0.2) is 25.1 Å². The van der Waals surface area contributed by atoms with Crippen molar-refractivity contribution in [2.45, 2.75) is 13.3 Å². The summed E-state index contributed by atoms with van der Waals surface area (Å²) in [5, 5.41) is 10.2. The highest BCUT2D eigenvalue weighted by molar-refractivity contribution is 6.03. The standard InChI is InChI=1S/C17H18O4/c1-4-16(18)15-9-11(20-2)5-7-13(15)14-8-6-12(21-3)10-17(14)19/h5-10,19H,4H2,1-3H3. The minimum Gasteiger partial charge on any atom is -0.507 e. The molecular formula is C17H18O4. The van der Waals surface area contributed by atoms with Gasteiger partial charge in [-0.1, -0.05) is 6.92 Å². The van der Waals surface area contributed by atoms with E-state index >= 15 is 0 Å². The topological polar surface area (TPSA) is 55.8 Å². The first-order valence-electron chi connectivity index (χ1n) is 6.69. The van der Waals surface area contributed by atoms with Crippen LogP contribution in [0.5, 0.6) is 17.2 Å². The number of aromatic hydroxyl groups is 1. The van der Waals surface area contributed by atoms with Crippen molar-refractivity contribution in [2.24, 2.45) is 0 Å². The Hall–Kier alpha value is -2.49. The summed E-state index contributed by atoms with van der Waals surface area (Å²) in [4.78, 5) is 12.1. The number of carbonyl (C=O) groups excluding carboxylic acids is 1. The smallest absolute Gasteiger partial charge is 0.163 e. The fraction of sp³-hybridized carbons (Fsp3) is 0.235. The molecule has 0 aromatic heterocycles. The lowest BCUT2D eigenvalue weighted by molar-refractivity contribution is 0.0988. The molecule has 0 bridgehead atoms. The van der Waals surface area contributed by atoms with E-state index < -0.39 is 0 Å². The van der Waals surface area contributed by atoms with Gasteiger partial charge in [0.25, 0.3) is 0 Å². The van der Waals surface area contributed by atoms with E-state index in [1.54, 1.807) is 44.4 Å². The van der Waals surface area contributed by atoms with E-state index in [9.17, 15) is 9.90 Å². The van der Waals surface area contributed by atoms with Crippen molar-refractivity contribution < 1.29 is 19.4 Å². The normalized spacial score (nSPS) is 10.2. The minimum absolute atomic E-state index is 0.000817. The number of hydrogen-bond donors (Lipinski definition) is 1. The molecule has 0 atom stereocenters. The van der Waals surface area contributed by atoms with Crippen molar-refractivity contribution in [3.8, 4) is 28.4 Å². The maximum Gasteiger partial charge on any atom is 0.163 e. The number of hydrogen-bond acceptors (Lipinski definition) is 4. The second kappa shape index (κ2) is 6.31. The molecule has 0 aliphatic rings. The monoisotopic (exact) mass is 286 g/mol. The number of benzene rings is 2. The molecule has 21 heavy (non-hydrogen) atoms. The van der Waals surface area contributed by atoms with Crippen LogP contribution in [0, 0.1) is 0 Å². The Morgan fingerprint density at radius 1 is 1.00 bits per heavy atom. The molecule has 0 unspecified atom stereocenters. The van der Waals surface area contributed by atoms with Crippen LogP contribution < -0.4 is 9.47 Å². The maximum atomic E-state index is 12.1. The average molecular weight is 286 g/mol. The second-order valence-electron chi connectivity index (χ2n) is 4.57. The van der Waals surface area contributed by atoms with Gasteiger partial charge in [-0.15, -0.1) is 0 Å². The summed E-state index contributed by atoms with van der Waals surface area (Å²) in [7, 11) is 3.09. The first kappa shape index (κ1) is 14.9. The Kier molecular flexibility index (Phi) is 4.48. The molecule has 0 fully saturated rings. The van der Waals surface area contributed by atoms with E-state index in [-0.39, 0.29) is 11.5 Å². The molecule has 2 aromatic rings. The van der Waals surface area contributed by atoms with Crippen molar-refractivity contribution in [1.82, 2.24) is 0 Å². The van der Waals surface area contributed by atoms with Gasteiger partial charge in [0.2, 0.25) is 0 Å². The van der Waals surface area contributed by atoms with Crippen molar-refractivity contribution in [3.05, 3.63) is 42.0 Å². The maximum absolute atomic E-state index is 12.1. The molecule has 2 rings (SSSR count). The highest BCUT2D eigenvalue weighted by atomic mass is 16.5. The van der Waals surface area contributed by atoms with Gasteiger partial charge in [0.15, 0.2) is 5.78 Å². The Balaban J connectivity index is 2.60. The number of ketones is 1. The molecule has 110 valence electrons. The van der Waals surface area contributed by atoms with Crippen LogP contribution in [0.25, 0.3) is 11.1 Å². The van der Waals surface area contributed by atoms with Gasteiger partial charge in [0, 0.05) is 23.6 Å². The van der Waals surface area contributed by atoms with Crippen molar-refractivity contribution >= 4 is 5.78 Å². The van der Waals surface area contributed by atoms with E-state index in [0.29, 0.717) is 34.6 Å². The highest BCUT2D eigenvalue weighted by Crippen LogP contribution is 2.36. The first-order valence-corrected chi connectivity index (χ1v) is 6.69. The Morgan fingerprint density at radius 2 is 1.57 bits per heavy atom. The Labute approximate surface area is 123 Å². The zero-order chi connectivity index (χ0) is 15.4. The summed E-state index contributed by atoms with van der Waals surface area (Å²) < 4.78 is 10.2. The molecule has 4 nitrogen and oxygen atoms in total. The van der Waals surface area contributed by atoms with Crippen molar-refractivity contribution in [1.29, 1.82) is 0 Å². The van der Waals surface area contributed by atoms with E-state index in [1.165, 1.54) is 13.2 Å². The van der Waals surface area contributed by atoms with Crippen molar-refractivity contribution in [2.75, 3.05) is 14.2 Å². The van der Waals surface area contributed by atoms with Crippen molar-refractivity contribution in [3.63, 3.8) is 0 Å². The lowest BCUT2D eigenvalue weighted by Crippen LogP contribution is -2.01. The van der Waals surface area contributed by atoms with Gasteiger partial charge < -0.3 is 14.6 Å². The van der Waals surface area contributed by atoms with Gasteiger partial charge in [0.1, 0.15) is 17.2 Å². The largest absolute Gasteiger partial charge is 0.507 e. The molecule has 0 radical (unpaired) electrons. The molecule has 0 amide bonds. The molecular weight excluding hydrogens is 268 g/mol. The quantitative estimate of drug-likeness (QED) is 0.852. The third-order valence-corrected chi connectivity index (χ3v) is 3.34. The van der Waals surface area contributed by atoms with E-state index in [4.69, 9.17) is 9.47 Å². The Bertz CT molecular complexity index is 662. The number of ether oxygens (including phenoxy) is 2. The van der Waals surface area contributed by atoms with Gasteiger partial charge in [-0.3, -0.25) is 4.79 Å². The van der Waals surface area contributed by atoms with Gasteiger partial charge >= 0.3 is 0 Å². The van der Waals surface area contributed by atoms with E-state index in [0.717, 1.165) is 0 Å². The van der Waals surface area contributed by atoms with Crippen LogP contribution in [0.3, 0.4) is 0 Å². The van der Waals surface area contributed by atoms with E-state index in [2.05, 4.69) is 0 Å². The van der Waals surface area contributed by atoms with Crippen LogP contribution in [-0.2, 0) is 0 Å². The number of rotatable bonds is 5. The fourth-order valence-corrected chi connectivity index (χ4v) is 2.17. The van der Waals surface area contributed by atoms with Crippen LogP contribution >= 0.6 is 0 Å². The molecule has 0 aliphatic carbocycles. The van der Waals surface area contributed by atoms with Gasteiger partial charge in [-0.05, 0) is 35.9 Å². The van der Waals surface area contributed by atoms with Crippen LogP contribution in [0.15, 0.2) is 36.4 Å². The summed E-state index contributed by atoms with van der Waals surface area (Å²) in [6.45, 7) is 1.81. The van der Waals surface area contributed by atoms with Crippen LogP contribution in [0.4, 0.5) is 0 Å². The van der Waals surface area contributed by atoms with Crippen LogP contribution in [0.1, 0.15) is 23.7 Å². The number of phenolic OH excluding ortho intramolecular Hbond substituents is 1. The lowest BCUT2D eigenvalue weighted by atomic mass is 9.95. The zero-order valence-corrected chi connectivity index (χ0v) is 12.3. The van der Waals surface area contributed by atoms with Crippen LogP contribution in [0.2, 0.25) is 0 Å². The van der Waals surface area contributed by atoms with Gasteiger partial charge in [0.05, 0.1) is 14.2 Å². The molecule has 0 spiro atoms. The zero-order valence-electron chi connectivity index (χ0n) is 12.3. The van der Waals surface area contributed by atoms with E-state index in [1.807, 2.05) is 0 Å². The predicted molar refractivity (Wildman–Crippen MR) is 81.3 cm³/mol. The fourth-order valence-electron chi connectivity index (χ4n) is 2.17. The molecule has 0 saturated heterocycles. The summed E-state index contributed by atoms with van der Waals surface area (Å²) in [6, 6.07) is 10.3. The summed E-state index contributed by atoms with van der Waals surface area (Å²) >= 11 is 0. The third-order valence-electron chi connectivity index (χ3n) is 3.34. The number of carbonyl (C=O) groups is 1.